The third kappa shape index (κ3) is 3.58. The van der Waals surface area contributed by atoms with E-state index < -0.39 is 21.6 Å². The van der Waals surface area contributed by atoms with Gasteiger partial charge in [-0.3, -0.25) is 9.78 Å². The number of hydrogen-bond donors (Lipinski definition) is 1. The molecule has 1 amide bonds. The van der Waals surface area contributed by atoms with Gasteiger partial charge in [0.2, 0.25) is 0 Å². The summed E-state index contributed by atoms with van der Waals surface area (Å²) in [7, 11) is -3.10. The maximum atomic E-state index is 13.9. The van der Waals surface area contributed by atoms with Crippen molar-refractivity contribution in [2.75, 3.05) is 16.8 Å². The molecule has 0 unspecified atom stereocenters. The minimum atomic E-state index is -3.10. The fourth-order valence-corrected chi connectivity index (χ4v) is 5.73. The number of aromatic nitrogens is 3. The van der Waals surface area contributed by atoms with Crippen molar-refractivity contribution in [1.29, 1.82) is 0 Å². The number of nitrogens with one attached hydrogen (secondary N) is 1. The van der Waals surface area contributed by atoms with Crippen LogP contribution >= 0.6 is 0 Å². The van der Waals surface area contributed by atoms with Crippen LogP contribution in [0.4, 0.5) is 10.2 Å². The van der Waals surface area contributed by atoms with Gasteiger partial charge in [-0.1, -0.05) is 0 Å². The van der Waals surface area contributed by atoms with Crippen molar-refractivity contribution in [3.8, 4) is 0 Å². The Balaban J connectivity index is 1.52. The number of fused-ring (bicyclic) bond motifs is 1. The Kier molecular flexibility index (Phi) is 4.39. The van der Waals surface area contributed by atoms with E-state index in [0.717, 1.165) is 18.5 Å². The summed E-state index contributed by atoms with van der Waals surface area (Å²) in [5, 5.41) is 7.72. The van der Waals surface area contributed by atoms with E-state index in [2.05, 4.69) is 15.4 Å². The van der Waals surface area contributed by atoms with Gasteiger partial charge in [-0.15, -0.1) is 0 Å². The second-order valence-electron chi connectivity index (χ2n) is 8.16. The van der Waals surface area contributed by atoms with Gasteiger partial charge < -0.3 is 5.32 Å². The smallest absolute Gasteiger partial charge is 0.257 e. The number of rotatable bonds is 4. The molecule has 30 heavy (non-hydrogen) atoms. The lowest BCUT2D eigenvalue weighted by Crippen LogP contribution is -2.20. The zero-order chi connectivity index (χ0) is 21.0. The number of carbonyl (C=O) groups excluding carboxylic acids is 1. The number of sulfone groups is 1. The first-order chi connectivity index (χ1) is 14.3. The number of pyridine rings is 1. The molecule has 1 N–H and O–H groups in total. The molecule has 1 aliphatic carbocycles. The van der Waals surface area contributed by atoms with Crippen molar-refractivity contribution in [3.63, 3.8) is 0 Å². The lowest BCUT2D eigenvalue weighted by atomic mass is 10.0. The fraction of sp³-hybridized carbons (Fsp3) is 0.381. The van der Waals surface area contributed by atoms with Gasteiger partial charge in [0.25, 0.3) is 5.91 Å². The highest BCUT2D eigenvalue weighted by molar-refractivity contribution is 7.91. The van der Waals surface area contributed by atoms with Gasteiger partial charge in [0.1, 0.15) is 11.6 Å². The second kappa shape index (κ2) is 6.87. The summed E-state index contributed by atoms with van der Waals surface area (Å²) in [6.07, 6.45) is 2.52. The maximum Gasteiger partial charge on any atom is 0.257 e. The topological polar surface area (TPSA) is 94.0 Å². The van der Waals surface area contributed by atoms with Crippen LogP contribution in [0.15, 0.2) is 30.3 Å². The summed E-state index contributed by atoms with van der Waals surface area (Å²) in [5.41, 5.74) is 2.45. The summed E-state index contributed by atoms with van der Waals surface area (Å²) in [4.78, 5) is 17.8. The van der Waals surface area contributed by atoms with Crippen LogP contribution in [0, 0.1) is 12.7 Å². The molecule has 3 heterocycles. The summed E-state index contributed by atoms with van der Waals surface area (Å²) in [6.45, 7) is 1.79. The molecule has 9 heteroatoms. The molecule has 2 aliphatic rings. The van der Waals surface area contributed by atoms with E-state index in [-0.39, 0.29) is 17.5 Å². The van der Waals surface area contributed by atoms with E-state index in [1.807, 2.05) is 0 Å². The average Bonchev–Trinajstić information content (AvgIpc) is 3.39. The molecule has 0 bridgehead atoms. The largest absolute Gasteiger partial charge is 0.307 e. The van der Waals surface area contributed by atoms with E-state index in [4.69, 9.17) is 0 Å². The Morgan fingerprint density at radius 1 is 1.20 bits per heavy atom. The molecule has 3 aromatic rings. The number of anilines is 1. The predicted molar refractivity (Wildman–Crippen MR) is 111 cm³/mol. The first kappa shape index (κ1) is 19.2. The maximum absolute atomic E-state index is 13.9. The van der Waals surface area contributed by atoms with Crippen LogP contribution in [0.2, 0.25) is 0 Å². The summed E-state index contributed by atoms with van der Waals surface area (Å²) < 4.78 is 39.3. The van der Waals surface area contributed by atoms with E-state index in [9.17, 15) is 17.6 Å². The highest BCUT2D eigenvalue weighted by Gasteiger charge is 2.32. The molecular formula is C21H21FN4O3S. The summed E-state index contributed by atoms with van der Waals surface area (Å²) >= 11 is 0. The van der Waals surface area contributed by atoms with E-state index in [1.165, 1.54) is 12.1 Å². The molecule has 156 valence electrons. The van der Waals surface area contributed by atoms with E-state index in [0.29, 0.717) is 40.3 Å². The van der Waals surface area contributed by atoms with Gasteiger partial charge in [0, 0.05) is 23.1 Å². The van der Waals surface area contributed by atoms with Crippen molar-refractivity contribution in [2.45, 2.75) is 38.1 Å². The van der Waals surface area contributed by atoms with Crippen LogP contribution in [0.5, 0.6) is 0 Å². The quantitative estimate of drug-likeness (QED) is 0.688. The number of nitrogens with zero attached hydrogens (tertiary/aromatic N) is 3. The lowest BCUT2D eigenvalue weighted by molar-refractivity contribution is 0.102. The SMILES string of the molecule is Cc1cc(NC(=O)c2cc(C3CC3)nc3ccc(F)cc23)n([C@H]2CCS(=O)(=O)C2)n1. The van der Waals surface area contributed by atoms with Crippen LogP contribution in [0.25, 0.3) is 10.9 Å². The van der Waals surface area contributed by atoms with Crippen LogP contribution in [0.1, 0.15) is 53.0 Å². The monoisotopic (exact) mass is 428 g/mol. The Hall–Kier alpha value is -2.81. The summed E-state index contributed by atoms with van der Waals surface area (Å²) in [5.74, 6) is 0.0673. The van der Waals surface area contributed by atoms with Crippen molar-refractivity contribution >= 4 is 32.5 Å². The second-order valence-corrected chi connectivity index (χ2v) is 10.4. The molecule has 5 rings (SSSR count). The Labute approximate surface area is 173 Å². The Morgan fingerprint density at radius 3 is 2.70 bits per heavy atom. The van der Waals surface area contributed by atoms with Crippen molar-refractivity contribution in [3.05, 3.63) is 53.1 Å². The minimum absolute atomic E-state index is 0.00617. The molecular weight excluding hydrogens is 407 g/mol. The number of carbonyl (C=O) groups is 1. The zero-order valence-electron chi connectivity index (χ0n) is 16.4. The molecule has 1 saturated heterocycles. The molecule has 1 aromatic carbocycles. The van der Waals surface area contributed by atoms with Gasteiger partial charge in [-0.05, 0) is 50.5 Å². The van der Waals surface area contributed by atoms with E-state index >= 15 is 0 Å². The molecule has 1 saturated carbocycles. The van der Waals surface area contributed by atoms with E-state index in [1.54, 1.807) is 29.8 Å². The van der Waals surface area contributed by atoms with Gasteiger partial charge in [-0.2, -0.15) is 5.10 Å². The highest BCUT2D eigenvalue weighted by atomic mass is 32.2. The molecule has 1 atom stereocenters. The third-order valence-electron chi connectivity index (χ3n) is 5.68. The van der Waals surface area contributed by atoms with Gasteiger partial charge in [0.05, 0.1) is 34.3 Å². The first-order valence-electron chi connectivity index (χ1n) is 9.97. The fourth-order valence-electron chi connectivity index (χ4n) is 4.03. The number of benzene rings is 1. The minimum Gasteiger partial charge on any atom is -0.307 e. The number of hydrogen-bond acceptors (Lipinski definition) is 5. The first-order valence-corrected chi connectivity index (χ1v) is 11.8. The normalized spacial score (nSPS) is 20.5. The Bertz CT molecular complexity index is 1280. The highest BCUT2D eigenvalue weighted by Crippen LogP contribution is 2.40. The number of halogens is 1. The van der Waals surface area contributed by atoms with Gasteiger partial charge in [0.15, 0.2) is 9.84 Å². The van der Waals surface area contributed by atoms with Crippen molar-refractivity contribution < 1.29 is 17.6 Å². The standard InChI is InChI=1S/C21H21FN4O3S/c1-12-8-20(26(25-12)15-6-7-30(28,29)11-15)24-21(27)17-10-19(13-2-3-13)23-18-5-4-14(22)9-16(17)18/h4-5,8-10,13,15H,2-3,6-7,11H2,1H3,(H,24,27)/t15-/m0/s1. The lowest BCUT2D eigenvalue weighted by Gasteiger charge is -2.15. The van der Waals surface area contributed by atoms with Crippen LogP contribution in [-0.4, -0.2) is 40.6 Å². The number of amides is 1. The average molecular weight is 428 g/mol. The molecule has 1 aliphatic heterocycles. The molecule has 2 fully saturated rings. The molecule has 0 spiro atoms. The van der Waals surface area contributed by atoms with Gasteiger partial charge in [-0.25, -0.2) is 17.5 Å². The van der Waals surface area contributed by atoms with Crippen LogP contribution in [0.3, 0.4) is 0 Å². The molecule has 2 aromatic heterocycles. The number of aryl methyl sites for hydroxylation is 1. The van der Waals surface area contributed by atoms with Crippen LogP contribution < -0.4 is 5.32 Å². The molecule has 0 radical (unpaired) electrons. The predicted octanol–water partition coefficient (Wildman–Crippen LogP) is 3.37. The zero-order valence-corrected chi connectivity index (χ0v) is 17.2. The van der Waals surface area contributed by atoms with Crippen molar-refractivity contribution in [1.82, 2.24) is 14.8 Å². The van der Waals surface area contributed by atoms with Crippen molar-refractivity contribution in [2.24, 2.45) is 0 Å². The Morgan fingerprint density at radius 2 is 2.00 bits per heavy atom. The molecule has 7 nitrogen and oxygen atoms in total. The summed E-state index contributed by atoms with van der Waals surface area (Å²) in [6, 6.07) is 7.39. The van der Waals surface area contributed by atoms with Gasteiger partial charge >= 0.3 is 0 Å². The van der Waals surface area contributed by atoms with Crippen LogP contribution in [-0.2, 0) is 9.84 Å². The third-order valence-corrected chi connectivity index (χ3v) is 7.43.